The van der Waals surface area contributed by atoms with Crippen molar-refractivity contribution in [2.45, 2.75) is 12.8 Å². The Labute approximate surface area is 127 Å². The largest absolute Gasteiger partial charge is 0.384 e. The van der Waals surface area contributed by atoms with E-state index >= 15 is 0 Å². The highest BCUT2D eigenvalue weighted by molar-refractivity contribution is 5.83. The fraction of sp³-hybridized carbons (Fsp3) is 0.933. The van der Waals surface area contributed by atoms with Crippen LogP contribution < -0.4 is 5.32 Å². The number of hydrogen-bond acceptors (Lipinski definition) is 5. The topological polar surface area (TPSA) is 54.0 Å². The van der Waals surface area contributed by atoms with Crippen molar-refractivity contribution in [2.75, 3.05) is 73.2 Å². The van der Waals surface area contributed by atoms with E-state index in [4.69, 9.17) is 9.47 Å². The van der Waals surface area contributed by atoms with Crippen LogP contribution in [0.2, 0.25) is 0 Å². The van der Waals surface area contributed by atoms with E-state index in [0.717, 1.165) is 65.3 Å². The van der Waals surface area contributed by atoms with E-state index in [1.54, 1.807) is 14.2 Å². The second-order valence-corrected chi connectivity index (χ2v) is 6.12. The van der Waals surface area contributed by atoms with Crippen LogP contribution in [0.15, 0.2) is 0 Å². The van der Waals surface area contributed by atoms with Gasteiger partial charge in [0.2, 0.25) is 5.91 Å². The van der Waals surface area contributed by atoms with Gasteiger partial charge < -0.3 is 19.7 Å². The quantitative estimate of drug-likeness (QED) is 0.736. The van der Waals surface area contributed by atoms with Gasteiger partial charge in [0.15, 0.2) is 0 Å². The zero-order valence-electron chi connectivity index (χ0n) is 13.4. The average Bonchev–Trinajstić information content (AvgIpc) is 2.84. The highest BCUT2D eigenvalue weighted by atomic mass is 16.5. The van der Waals surface area contributed by atoms with Crippen LogP contribution in [0.1, 0.15) is 12.8 Å². The van der Waals surface area contributed by atoms with Gasteiger partial charge in [0, 0.05) is 46.9 Å². The van der Waals surface area contributed by atoms with Crippen LogP contribution in [0.3, 0.4) is 0 Å². The molecule has 1 unspecified atom stereocenters. The molecule has 2 fully saturated rings. The molecule has 0 aromatic rings. The summed E-state index contributed by atoms with van der Waals surface area (Å²) < 4.78 is 10.5. The van der Waals surface area contributed by atoms with Gasteiger partial charge in [-0.15, -0.1) is 0 Å². The van der Waals surface area contributed by atoms with E-state index in [1.807, 2.05) is 4.90 Å². The first-order chi connectivity index (χ1) is 10.2. The number of nitrogens with zero attached hydrogens (tertiary/aromatic N) is 2. The van der Waals surface area contributed by atoms with Gasteiger partial charge >= 0.3 is 0 Å². The Hall–Kier alpha value is -0.690. The van der Waals surface area contributed by atoms with Crippen LogP contribution in [0.25, 0.3) is 0 Å². The molecule has 0 bridgehead atoms. The Bertz CT molecular complexity index is 332. The van der Waals surface area contributed by atoms with E-state index < -0.39 is 0 Å². The molecule has 0 spiro atoms. The molecule has 122 valence electrons. The summed E-state index contributed by atoms with van der Waals surface area (Å²) in [5.41, 5.74) is -0.351. The summed E-state index contributed by atoms with van der Waals surface area (Å²) in [6.45, 7) is 7.51. The van der Waals surface area contributed by atoms with Gasteiger partial charge in [-0.2, -0.15) is 0 Å². The average molecular weight is 299 g/mol. The molecule has 2 saturated heterocycles. The third-order valence-corrected chi connectivity index (χ3v) is 4.61. The summed E-state index contributed by atoms with van der Waals surface area (Å²) in [5.74, 6) is 0.267. The summed E-state index contributed by atoms with van der Waals surface area (Å²) in [6.07, 6.45) is 1.91. The molecule has 2 aliphatic rings. The maximum Gasteiger partial charge on any atom is 0.232 e. The first-order valence-electron chi connectivity index (χ1n) is 7.92. The second-order valence-electron chi connectivity index (χ2n) is 6.12. The predicted octanol–water partition coefficient (Wildman–Crippen LogP) is -0.207. The normalized spacial score (nSPS) is 27.8. The summed E-state index contributed by atoms with van der Waals surface area (Å²) >= 11 is 0. The first-order valence-corrected chi connectivity index (χ1v) is 7.92. The Morgan fingerprint density at radius 3 is 2.71 bits per heavy atom. The fourth-order valence-corrected chi connectivity index (χ4v) is 3.34. The molecule has 2 heterocycles. The standard InChI is InChI=1S/C15H29N3O3/c1-20-11-10-17-6-3-7-18(9-8-17)14(19)15(13-21-2)4-5-16-12-15/h16H,3-13H2,1-2H3. The molecule has 2 aliphatic heterocycles. The lowest BCUT2D eigenvalue weighted by Crippen LogP contribution is -2.49. The van der Waals surface area contributed by atoms with Gasteiger partial charge in [0.1, 0.15) is 0 Å². The zero-order valence-corrected chi connectivity index (χ0v) is 13.4. The second kappa shape index (κ2) is 8.08. The number of ether oxygens (including phenoxy) is 2. The van der Waals surface area contributed by atoms with E-state index in [-0.39, 0.29) is 11.3 Å². The molecule has 6 nitrogen and oxygen atoms in total. The van der Waals surface area contributed by atoms with Crippen LogP contribution in [-0.2, 0) is 14.3 Å². The van der Waals surface area contributed by atoms with E-state index in [1.165, 1.54) is 0 Å². The van der Waals surface area contributed by atoms with Crippen molar-refractivity contribution in [3.05, 3.63) is 0 Å². The van der Waals surface area contributed by atoms with Crippen LogP contribution in [0.4, 0.5) is 0 Å². The lowest BCUT2D eigenvalue weighted by atomic mass is 9.86. The number of carbonyl (C=O) groups is 1. The molecule has 0 saturated carbocycles. The Kier molecular flexibility index (Phi) is 6.41. The molecule has 2 rings (SSSR count). The Balaban J connectivity index is 1.92. The number of nitrogens with one attached hydrogen (secondary N) is 1. The van der Waals surface area contributed by atoms with Crippen LogP contribution >= 0.6 is 0 Å². The van der Waals surface area contributed by atoms with Gasteiger partial charge in [-0.3, -0.25) is 9.69 Å². The molecular weight excluding hydrogens is 270 g/mol. The smallest absolute Gasteiger partial charge is 0.232 e. The van der Waals surface area contributed by atoms with Gasteiger partial charge in [0.25, 0.3) is 0 Å². The number of hydrogen-bond donors (Lipinski definition) is 1. The third kappa shape index (κ3) is 4.16. The number of rotatable bonds is 6. The van der Waals surface area contributed by atoms with Crippen molar-refractivity contribution in [1.29, 1.82) is 0 Å². The minimum atomic E-state index is -0.351. The van der Waals surface area contributed by atoms with Crippen molar-refractivity contribution >= 4 is 5.91 Å². The van der Waals surface area contributed by atoms with Crippen LogP contribution in [0.5, 0.6) is 0 Å². The summed E-state index contributed by atoms with van der Waals surface area (Å²) in [5, 5.41) is 3.32. The number of amides is 1. The van der Waals surface area contributed by atoms with Gasteiger partial charge in [-0.05, 0) is 25.9 Å². The Morgan fingerprint density at radius 1 is 1.19 bits per heavy atom. The molecule has 0 aliphatic carbocycles. The molecular formula is C15H29N3O3. The molecule has 1 N–H and O–H groups in total. The summed E-state index contributed by atoms with van der Waals surface area (Å²) in [4.78, 5) is 17.4. The molecule has 21 heavy (non-hydrogen) atoms. The monoisotopic (exact) mass is 299 g/mol. The van der Waals surface area contributed by atoms with Gasteiger partial charge in [0.05, 0.1) is 18.6 Å². The molecule has 0 aromatic carbocycles. The van der Waals surface area contributed by atoms with Gasteiger partial charge in [-0.25, -0.2) is 0 Å². The van der Waals surface area contributed by atoms with E-state index in [0.29, 0.717) is 6.61 Å². The van der Waals surface area contributed by atoms with Crippen molar-refractivity contribution in [3.8, 4) is 0 Å². The lowest BCUT2D eigenvalue weighted by molar-refractivity contribution is -0.144. The summed E-state index contributed by atoms with van der Waals surface area (Å²) in [6, 6.07) is 0. The predicted molar refractivity (Wildman–Crippen MR) is 81.3 cm³/mol. The highest BCUT2D eigenvalue weighted by Crippen LogP contribution is 2.29. The highest BCUT2D eigenvalue weighted by Gasteiger charge is 2.43. The van der Waals surface area contributed by atoms with Crippen molar-refractivity contribution < 1.29 is 14.3 Å². The van der Waals surface area contributed by atoms with Crippen molar-refractivity contribution in [1.82, 2.24) is 15.1 Å². The molecule has 0 radical (unpaired) electrons. The minimum absolute atomic E-state index is 0.267. The van der Waals surface area contributed by atoms with E-state index in [9.17, 15) is 4.79 Å². The molecule has 1 amide bonds. The van der Waals surface area contributed by atoms with Gasteiger partial charge in [-0.1, -0.05) is 0 Å². The van der Waals surface area contributed by atoms with E-state index in [2.05, 4.69) is 10.2 Å². The van der Waals surface area contributed by atoms with Crippen molar-refractivity contribution in [2.24, 2.45) is 5.41 Å². The molecule has 1 atom stereocenters. The maximum atomic E-state index is 12.9. The lowest BCUT2D eigenvalue weighted by Gasteiger charge is -2.33. The Morgan fingerprint density at radius 2 is 2.05 bits per heavy atom. The molecule has 6 heteroatoms. The minimum Gasteiger partial charge on any atom is -0.384 e. The SMILES string of the molecule is COCCN1CCCN(C(=O)C2(COC)CCNC2)CC1. The number of carbonyl (C=O) groups excluding carboxylic acids is 1. The summed E-state index contributed by atoms with van der Waals surface area (Å²) in [7, 11) is 3.41. The fourth-order valence-electron chi connectivity index (χ4n) is 3.34. The first kappa shape index (κ1) is 16.7. The number of methoxy groups -OCH3 is 2. The van der Waals surface area contributed by atoms with Crippen LogP contribution in [-0.4, -0.2) is 89.0 Å². The van der Waals surface area contributed by atoms with Crippen molar-refractivity contribution in [3.63, 3.8) is 0 Å². The third-order valence-electron chi connectivity index (χ3n) is 4.61. The maximum absolute atomic E-state index is 12.9. The van der Waals surface area contributed by atoms with Crippen LogP contribution in [0, 0.1) is 5.41 Å². The zero-order chi connectivity index (χ0) is 15.1. The molecule has 0 aromatic heterocycles.